The van der Waals surface area contributed by atoms with Crippen LogP contribution in [0, 0.1) is 0 Å². The lowest BCUT2D eigenvalue weighted by atomic mass is 10.1. The summed E-state index contributed by atoms with van der Waals surface area (Å²) in [5.41, 5.74) is 1.08. The maximum atomic E-state index is 10.3. The third-order valence-corrected chi connectivity index (χ3v) is 4.45. The van der Waals surface area contributed by atoms with Crippen LogP contribution in [0.1, 0.15) is 13.2 Å². The molecule has 0 radical (unpaired) electrons. The number of rotatable bonds is 3. The van der Waals surface area contributed by atoms with Crippen LogP contribution in [-0.4, -0.2) is 56.0 Å². The number of hydrogen-bond donors (Lipinski definition) is 3. The smallest absolute Gasteiger partial charge is 0.232 e. The van der Waals surface area contributed by atoms with E-state index in [2.05, 4.69) is 9.98 Å². The standard InChI is InChI=1S/C14H15Cl2N3O4/c1-2-17-14-18-8-3-6(15)7(16)4-9(8)19(14)13-12(22)11(21)10(5-20)23-13/h2-4,10-13,20-22H,5H2,1H3/t10-,11-,12-,13-/m0/s1. The van der Waals surface area contributed by atoms with Crippen LogP contribution in [0.25, 0.3) is 11.0 Å². The molecule has 2 aromatic rings. The Hall–Kier alpha value is -1.22. The lowest BCUT2D eigenvalue weighted by Crippen LogP contribution is -2.33. The van der Waals surface area contributed by atoms with Crippen molar-refractivity contribution < 1.29 is 20.1 Å². The number of benzene rings is 1. The van der Waals surface area contributed by atoms with Gasteiger partial charge in [0.25, 0.3) is 0 Å². The first-order valence-electron chi connectivity index (χ1n) is 6.96. The van der Waals surface area contributed by atoms with Crippen molar-refractivity contribution >= 4 is 46.4 Å². The first-order valence-corrected chi connectivity index (χ1v) is 7.71. The van der Waals surface area contributed by atoms with Crippen molar-refractivity contribution in [3.63, 3.8) is 0 Å². The molecular weight excluding hydrogens is 345 g/mol. The molecule has 3 N–H and O–H groups in total. The largest absolute Gasteiger partial charge is 0.394 e. The van der Waals surface area contributed by atoms with Crippen LogP contribution >= 0.6 is 23.2 Å². The quantitative estimate of drug-likeness (QED) is 0.723. The predicted molar refractivity (Wildman–Crippen MR) is 86.6 cm³/mol. The first-order chi connectivity index (χ1) is 11.0. The maximum Gasteiger partial charge on any atom is 0.232 e. The van der Waals surface area contributed by atoms with Crippen LogP contribution < -0.4 is 0 Å². The molecule has 1 aromatic carbocycles. The zero-order valence-corrected chi connectivity index (χ0v) is 13.6. The average Bonchev–Trinajstić information content (AvgIpc) is 2.99. The molecule has 1 saturated heterocycles. The van der Waals surface area contributed by atoms with Crippen LogP contribution in [0.3, 0.4) is 0 Å². The monoisotopic (exact) mass is 359 g/mol. The summed E-state index contributed by atoms with van der Waals surface area (Å²) in [6.07, 6.45) is -2.77. The fourth-order valence-corrected chi connectivity index (χ4v) is 2.94. The first kappa shape index (κ1) is 16.6. The minimum Gasteiger partial charge on any atom is -0.394 e. The highest BCUT2D eigenvalue weighted by Crippen LogP contribution is 2.37. The molecule has 0 unspecified atom stereocenters. The number of aliphatic hydroxyl groups is 3. The van der Waals surface area contributed by atoms with E-state index < -0.39 is 31.1 Å². The Kier molecular flexibility index (Phi) is 4.59. The molecule has 0 amide bonds. The summed E-state index contributed by atoms with van der Waals surface area (Å²) in [6, 6.07) is 3.18. The maximum absolute atomic E-state index is 10.3. The lowest BCUT2D eigenvalue weighted by Gasteiger charge is -2.18. The van der Waals surface area contributed by atoms with Gasteiger partial charge >= 0.3 is 0 Å². The molecule has 1 aromatic heterocycles. The van der Waals surface area contributed by atoms with Crippen molar-refractivity contribution in [2.45, 2.75) is 31.5 Å². The van der Waals surface area contributed by atoms with Gasteiger partial charge in [0.2, 0.25) is 5.95 Å². The van der Waals surface area contributed by atoms with Crippen LogP contribution in [0.4, 0.5) is 5.95 Å². The zero-order chi connectivity index (χ0) is 16.7. The molecule has 7 nitrogen and oxygen atoms in total. The third kappa shape index (κ3) is 2.73. The van der Waals surface area contributed by atoms with Crippen molar-refractivity contribution in [1.82, 2.24) is 9.55 Å². The van der Waals surface area contributed by atoms with Gasteiger partial charge in [0.1, 0.15) is 18.3 Å². The van der Waals surface area contributed by atoms with Crippen molar-refractivity contribution in [3.05, 3.63) is 22.2 Å². The summed E-state index contributed by atoms with van der Waals surface area (Å²) < 4.78 is 7.10. The average molecular weight is 360 g/mol. The zero-order valence-electron chi connectivity index (χ0n) is 12.1. The van der Waals surface area contributed by atoms with Crippen molar-refractivity contribution in [3.8, 4) is 0 Å². The summed E-state index contributed by atoms with van der Waals surface area (Å²) in [7, 11) is 0. The van der Waals surface area contributed by atoms with Gasteiger partial charge in [-0.1, -0.05) is 23.2 Å². The molecule has 0 spiro atoms. The number of fused-ring (bicyclic) bond motifs is 1. The molecule has 0 bridgehead atoms. The van der Waals surface area contributed by atoms with E-state index >= 15 is 0 Å². The number of halogens is 2. The second kappa shape index (κ2) is 6.35. The molecule has 1 aliphatic heterocycles. The van der Waals surface area contributed by atoms with Gasteiger partial charge in [-0.2, -0.15) is 0 Å². The number of aliphatic hydroxyl groups excluding tert-OH is 3. The molecule has 4 atom stereocenters. The molecule has 1 fully saturated rings. The van der Waals surface area contributed by atoms with E-state index in [1.165, 1.54) is 4.57 Å². The van der Waals surface area contributed by atoms with Crippen molar-refractivity contribution in [1.29, 1.82) is 0 Å². The van der Waals surface area contributed by atoms with Gasteiger partial charge in [-0.05, 0) is 19.1 Å². The SMILES string of the molecule is CC=Nc1nc2cc(Cl)c(Cl)cc2n1[C@H]1O[C@@H](CO)[C@H](O)[C@@H]1O. The number of ether oxygens (including phenoxy) is 1. The Balaban J connectivity index is 2.19. The Bertz CT molecular complexity index is 764. The summed E-state index contributed by atoms with van der Waals surface area (Å²) in [5.74, 6) is 0.274. The molecule has 2 heterocycles. The van der Waals surface area contributed by atoms with Gasteiger partial charge in [0.05, 0.1) is 27.7 Å². The van der Waals surface area contributed by atoms with Gasteiger partial charge < -0.3 is 20.1 Å². The van der Waals surface area contributed by atoms with Gasteiger partial charge in [-0.3, -0.25) is 4.57 Å². The summed E-state index contributed by atoms with van der Waals surface area (Å²) in [5, 5.41) is 30.1. The summed E-state index contributed by atoms with van der Waals surface area (Å²) in [4.78, 5) is 8.51. The highest BCUT2D eigenvalue weighted by Gasteiger charge is 2.44. The van der Waals surface area contributed by atoms with Gasteiger partial charge in [-0.25, -0.2) is 9.98 Å². The molecule has 3 rings (SSSR count). The Morgan fingerprint density at radius 2 is 2.00 bits per heavy atom. The summed E-state index contributed by atoms with van der Waals surface area (Å²) in [6.45, 7) is 1.31. The number of nitrogens with zero attached hydrogens (tertiary/aromatic N) is 3. The molecule has 0 aliphatic carbocycles. The van der Waals surface area contributed by atoms with Gasteiger partial charge in [0.15, 0.2) is 6.23 Å². The van der Waals surface area contributed by atoms with E-state index in [4.69, 9.17) is 27.9 Å². The lowest BCUT2D eigenvalue weighted by molar-refractivity contribution is -0.0500. The molecular formula is C14H15Cl2N3O4. The van der Waals surface area contributed by atoms with E-state index in [9.17, 15) is 15.3 Å². The highest BCUT2D eigenvalue weighted by molar-refractivity contribution is 6.42. The number of aliphatic imine (C=N–C) groups is 1. The molecule has 9 heteroatoms. The topological polar surface area (TPSA) is 100 Å². The van der Waals surface area contributed by atoms with Crippen molar-refractivity contribution in [2.75, 3.05) is 6.61 Å². The fraction of sp³-hybridized carbons (Fsp3) is 0.429. The second-order valence-corrected chi connectivity index (χ2v) is 5.97. The molecule has 0 saturated carbocycles. The molecule has 1 aliphatic rings. The van der Waals surface area contributed by atoms with E-state index in [1.807, 2.05) is 0 Å². The normalized spacial score (nSPS) is 28.3. The van der Waals surface area contributed by atoms with Gasteiger partial charge in [-0.15, -0.1) is 0 Å². The Morgan fingerprint density at radius 3 is 2.61 bits per heavy atom. The van der Waals surface area contributed by atoms with Crippen LogP contribution in [0.2, 0.25) is 10.0 Å². The minimum atomic E-state index is -1.25. The minimum absolute atomic E-state index is 0.274. The van der Waals surface area contributed by atoms with E-state index in [0.717, 1.165) is 0 Å². The number of imidazole rings is 1. The fourth-order valence-electron chi connectivity index (χ4n) is 2.63. The van der Waals surface area contributed by atoms with Crippen LogP contribution in [0.15, 0.2) is 17.1 Å². The van der Waals surface area contributed by atoms with Gasteiger partial charge in [0, 0.05) is 6.21 Å². The number of aromatic nitrogens is 2. The van der Waals surface area contributed by atoms with Crippen LogP contribution in [0.5, 0.6) is 0 Å². The highest BCUT2D eigenvalue weighted by atomic mass is 35.5. The summed E-state index contributed by atoms with van der Waals surface area (Å²) >= 11 is 12.1. The predicted octanol–water partition coefficient (Wildman–Crippen LogP) is 1.68. The molecule has 124 valence electrons. The number of hydrogen-bond acceptors (Lipinski definition) is 6. The second-order valence-electron chi connectivity index (χ2n) is 5.15. The van der Waals surface area contributed by atoms with E-state index in [0.29, 0.717) is 21.1 Å². The van der Waals surface area contributed by atoms with E-state index in [-0.39, 0.29) is 5.95 Å². The molecule has 23 heavy (non-hydrogen) atoms. The van der Waals surface area contributed by atoms with Crippen LogP contribution in [-0.2, 0) is 4.74 Å². The Labute approximate surface area is 141 Å². The Morgan fingerprint density at radius 1 is 1.30 bits per heavy atom. The van der Waals surface area contributed by atoms with Crippen molar-refractivity contribution in [2.24, 2.45) is 4.99 Å². The third-order valence-electron chi connectivity index (χ3n) is 3.73. The van der Waals surface area contributed by atoms with E-state index in [1.54, 1.807) is 25.3 Å².